The van der Waals surface area contributed by atoms with Crippen molar-refractivity contribution in [1.29, 1.82) is 0 Å². The summed E-state index contributed by atoms with van der Waals surface area (Å²) in [6.45, 7) is 9.74. The molecule has 25 heavy (non-hydrogen) atoms. The number of amides is 2. The summed E-state index contributed by atoms with van der Waals surface area (Å²) in [5, 5.41) is 8.96. The number of ether oxygens (including phenoxy) is 2. The maximum Gasteiger partial charge on any atom is 0.315 e. The van der Waals surface area contributed by atoms with Gasteiger partial charge in [0.15, 0.2) is 0 Å². The fraction of sp³-hybridized carbons (Fsp3) is 0.706. The molecular weight excluding hydrogens is 322 g/mol. The number of hydrogen-bond acceptors (Lipinski definition) is 6. The van der Waals surface area contributed by atoms with E-state index in [2.05, 4.69) is 46.7 Å². The van der Waals surface area contributed by atoms with E-state index in [1.807, 2.05) is 13.0 Å². The van der Waals surface area contributed by atoms with Crippen LogP contribution in [0.3, 0.4) is 0 Å². The average molecular weight is 349 g/mol. The minimum Gasteiger partial charge on any atom is -0.371 e. The first-order chi connectivity index (χ1) is 11.9. The lowest BCUT2D eigenvalue weighted by Crippen LogP contribution is -2.48. The third-order valence-electron chi connectivity index (χ3n) is 4.45. The van der Waals surface area contributed by atoms with Crippen molar-refractivity contribution in [3.63, 3.8) is 0 Å². The molecule has 0 radical (unpaired) electrons. The van der Waals surface area contributed by atoms with Crippen molar-refractivity contribution >= 4 is 12.0 Å². The van der Waals surface area contributed by atoms with E-state index in [4.69, 9.17) is 9.47 Å². The monoisotopic (exact) mass is 349 g/mol. The molecule has 2 amide bonds. The summed E-state index contributed by atoms with van der Waals surface area (Å²) in [5.41, 5.74) is 0.933. The lowest BCUT2D eigenvalue weighted by molar-refractivity contribution is 0.0682. The zero-order chi connectivity index (χ0) is 18.0. The molecule has 2 aliphatic rings. The molecule has 0 aromatic carbocycles. The van der Waals surface area contributed by atoms with E-state index < -0.39 is 0 Å². The molecule has 3 heterocycles. The van der Waals surface area contributed by atoms with Crippen molar-refractivity contribution in [3.8, 4) is 0 Å². The van der Waals surface area contributed by atoms with Crippen LogP contribution in [0.15, 0.2) is 12.3 Å². The Hall–Kier alpha value is -1.93. The average Bonchev–Trinajstić information content (AvgIpc) is 3.11. The topological polar surface area (TPSA) is 97.4 Å². The van der Waals surface area contributed by atoms with E-state index in [0.29, 0.717) is 25.7 Å². The fourth-order valence-corrected chi connectivity index (χ4v) is 3.14. The van der Waals surface area contributed by atoms with Crippen LogP contribution in [0, 0.1) is 0 Å². The smallest absolute Gasteiger partial charge is 0.315 e. The van der Waals surface area contributed by atoms with Gasteiger partial charge in [0.25, 0.3) is 0 Å². The van der Waals surface area contributed by atoms with Gasteiger partial charge in [0.2, 0.25) is 5.95 Å². The van der Waals surface area contributed by atoms with Gasteiger partial charge in [-0.2, -0.15) is 0 Å². The Labute approximate surface area is 148 Å². The molecule has 2 aliphatic heterocycles. The van der Waals surface area contributed by atoms with Gasteiger partial charge in [-0.1, -0.05) is 20.8 Å². The van der Waals surface area contributed by atoms with Crippen molar-refractivity contribution < 1.29 is 14.3 Å². The van der Waals surface area contributed by atoms with Crippen molar-refractivity contribution in [2.75, 3.05) is 25.1 Å². The van der Waals surface area contributed by atoms with Gasteiger partial charge in [-0.05, 0) is 13.0 Å². The lowest BCUT2D eigenvalue weighted by Gasteiger charge is -2.21. The number of urea groups is 1. The summed E-state index contributed by atoms with van der Waals surface area (Å²) < 4.78 is 11.7. The molecule has 0 aliphatic carbocycles. The molecule has 1 aromatic heterocycles. The summed E-state index contributed by atoms with van der Waals surface area (Å²) in [4.78, 5) is 20.6. The Morgan fingerprint density at radius 1 is 1.24 bits per heavy atom. The first-order valence-corrected chi connectivity index (χ1v) is 8.76. The van der Waals surface area contributed by atoms with Crippen LogP contribution in [-0.4, -0.2) is 60.0 Å². The Balaban J connectivity index is 1.62. The molecule has 4 atom stereocenters. The Morgan fingerprint density at radius 3 is 2.60 bits per heavy atom. The van der Waals surface area contributed by atoms with Crippen molar-refractivity contribution in [2.24, 2.45) is 0 Å². The van der Waals surface area contributed by atoms with Crippen LogP contribution < -0.4 is 16.0 Å². The standard InChI is InChI=1S/C17H27N5O3/c1-5-18-16(23)21-11-9-25-13-10(8-24-14(11)13)20-15-19-7-6-12(22-15)17(2,3)4/h6-7,10-11,13-14H,5,8-9H2,1-4H3,(H2,18,21,23)(H,19,20,22). The Morgan fingerprint density at radius 2 is 1.92 bits per heavy atom. The maximum atomic E-state index is 11.7. The summed E-state index contributed by atoms with van der Waals surface area (Å²) >= 11 is 0. The number of fused-ring (bicyclic) bond motifs is 1. The summed E-state index contributed by atoms with van der Waals surface area (Å²) in [7, 11) is 0. The van der Waals surface area contributed by atoms with Crippen LogP contribution in [0.5, 0.6) is 0 Å². The van der Waals surface area contributed by atoms with Gasteiger partial charge in [0, 0.05) is 18.2 Å². The normalized spacial score (nSPS) is 28.5. The molecule has 2 fully saturated rings. The summed E-state index contributed by atoms with van der Waals surface area (Å²) in [5.74, 6) is 0.574. The van der Waals surface area contributed by atoms with Crippen molar-refractivity contribution in [3.05, 3.63) is 18.0 Å². The Bertz CT molecular complexity index is 619. The number of nitrogens with zero attached hydrogens (tertiary/aromatic N) is 2. The van der Waals surface area contributed by atoms with Crippen LogP contribution in [0.4, 0.5) is 10.7 Å². The molecule has 3 N–H and O–H groups in total. The molecule has 0 spiro atoms. The molecule has 138 valence electrons. The second-order valence-electron chi connectivity index (χ2n) is 7.47. The molecular formula is C17H27N5O3. The zero-order valence-corrected chi connectivity index (χ0v) is 15.2. The molecule has 0 bridgehead atoms. The minimum absolute atomic E-state index is 0.0405. The Kier molecular flexibility index (Phi) is 5.10. The number of nitrogens with one attached hydrogen (secondary N) is 3. The van der Waals surface area contributed by atoms with E-state index in [-0.39, 0.29) is 35.7 Å². The van der Waals surface area contributed by atoms with E-state index in [0.717, 1.165) is 5.69 Å². The van der Waals surface area contributed by atoms with Gasteiger partial charge in [0.1, 0.15) is 12.2 Å². The summed E-state index contributed by atoms with van der Waals surface area (Å²) in [6, 6.07) is 1.54. The zero-order valence-electron chi connectivity index (χ0n) is 15.2. The number of rotatable bonds is 4. The second-order valence-corrected chi connectivity index (χ2v) is 7.47. The molecule has 3 rings (SSSR count). The van der Waals surface area contributed by atoms with Crippen LogP contribution in [0.1, 0.15) is 33.4 Å². The minimum atomic E-state index is -0.196. The first kappa shape index (κ1) is 17.9. The number of carbonyl (C=O) groups is 1. The maximum absolute atomic E-state index is 11.7. The quantitative estimate of drug-likeness (QED) is 0.751. The predicted octanol–water partition coefficient (Wildman–Crippen LogP) is 1.04. The van der Waals surface area contributed by atoms with Gasteiger partial charge in [-0.25, -0.2) is 14.8 Å². The second kappa shape index (κ2) is 7.13. The molecule has 1 aromatic rings. The van der Waals surface area contributed by atoms with Crippen molar-refractivity contribution in [1.82, 2.24) is 20.6 Å². The van der Waals surface area contributed by atoms with Gasteiger partial charge in [0.05, 0.1) is 31.0 Å². The molecule has 8 nitrogen and oxygen atoms in total. The highest BCUT2D eigenvalue weighted by Crippen LogP contribution is 2.29. The van der Waals surface area contributed by atoms with Crippen LogP contribution >= 0.6 is 0 Å². The molecule has 0 saturated carbocycles. The fourth-order valence-electron chi connectivity index (χ4n) is 3.14. The van der Waals surface area contributed by atoms with Crippen LogP contribution in [0.2, 0.25) is 0 Å². The van der Waals surface area contributed by atoms with Crippen LogP contribution in [-0.2, 0) is 14.9 Å². The van der Waals surface area contributed by atoms with E-state index >= 15 is 0 Å². The van der Waals surface area contributed by atoms with Crippen LogP contribution in [0.25, 0.3) is 0 Å². The summed E-state index contributed by atoms with van der Waals surface area (Å²) in [6.07, 6.45) is 1.47. The molecule has 4 unspecified atom stereocenters. The number of anilines is 1. The number of aromatic nitrogens is 2. The number of hydrogen-bond donors (Lipinski definition) is 3. The highest BCUT2D eigenvalue weighted by atomic mass is 16.6. The molecule has 2 saturated heterocycles. The van der Waals surface area contributed by atoms with Gasteiger partial charge in [-0.15, -0.1) is 0 Å². The van der Waals surface area contributed by atoms with E-state index in [1.165, 1.54) is 0 Å². The first-order valence-electron chi connectivity index (χ1n) is 8.76. The largest absolute Gasteiger partial charge is 0.371 e. The SMILES string of the molecule is CCNC(=O)NC1COC2C(Nc3nccc(C(C)(C)C)n3)COC12. The highest BCUT2D eigenvalue weighted by Gasteiger charge is 2.48. The number of carbonyl (C=O) groups excluding carboxylic acids is 1. The van der Waals surface area contributed by atoms with E-state index in [9.17, 15) is 4.79 Å². The van der Waals surface area contributed by atoms with Gasteiger partial charge in [-0.3, -0.25) is 0 Å². The third-order valence-corrected chi connectivity index (χ3v) is 4.45. The third kappa shape index (κ3) is 4.01. The molecule has 8 heteroatoms. The lowest BCUT2D eigenvalue weighted by atomic mass is 9.92. The van der Waals surface area contributed by atoms with Crippen molar-refractivity contribution in [2.45, 2.75) is 57.4 Å². The predicted molar refractivity (Wildman–Crippen MR) is 93.6 cm³/mol. The highest BCUT2D eigenvalue weighted by molar-refractivity contribution is 5.74. The van der Waals surface area contributed by atoms with E-state index in [1.54, 1.807) is 6.20 Å². The van der Waals surface area contributed by atoms with Gasteiger partial charge >= 0.3 is 6.03 Å². The van der Waals surface area contributed by atoms with Gasteiger partial charge < -0.3 is 25.4 Å².